The van der Waals surface area contributed by atoms with Crippen molar-refractivity contribution >= 4 is 55.8 Å². The first-order chi connectivity index (χ1) is 15.5. The van der Waals surface area contributed by atoms with Gasteiger partial charge in [0.25, 0.3) is 0 Å². The van der Waals surface area contributed by atoms with Gasteiger partial charge in [-0.2, -0.15) is 0 Å². The molecular weight excluding hydrogens is 449 g/mol. The summed E-state index contributed by atoms with van der Waals surface area (Å²) >= 11 is 7.12. The number of rotatable bonds is 4. The number of fused-ring (bicyclic) bond motifs is 2. The van der Waals surface area contributed by atoms with Crippen molar-refractivity contribution < 1.29 is 9.18 Å². The number of hydrogen-bond acceptors (Lipinski definition) is 4. The normalized spacial score (nSPS) is 11.2. The summed E-state index contributed by atoms with van der Waals surface area (Å²) in [6, 6.07) is 18.8. The first-order valence-electron chi connectivity index (χ1n) is 9.72. The van der Waals surface area contributed by atoms with E-state index in [1.54, 1.807) is 23.6 Å². The Balaban J connectivity index is 1.46. The standard InChI is InChI=1S/C24H15ClFN3O2S/c25-17-11-14(9-10-18(17)26)19-13-32-24(27-19)28-22(30)12-29-20-7-3-1-5-15(20)23(31)16-6-2-4-8-21(16)29/h1-11,13H,12H2,(H,27,28,30). The average molecular weight is 464 g/mol. The van der Waals surface area contributed by atoms with E-state index in [-0.39, 0.29) is 22.9 Å². The predicted octanol–water partition coefficient (Wildman–Crippen LogP) is 5.71. The van der Waals surface area contributed by atoms with Gasteiger partial charge < -0.3 is 9.88 Å². The number of anilines is 1. The summed E-state index contributed by atoms with van der Waals surface area (Å²) in [5.41, 5.74) is 2.56. The van der Waals surface area contributed by atoms with E-state index in [1.807, 2.05) is 41.0 Å². The van der Waals surface area contributed by atoms with Crippen LogP contribution in [0.5, 0.6) is 0 Å². The van der Waals surface area contributed by atoms with E-state index in [2.05, 4.69) is 10.3 Å². The Bertz CT molecular complexity index is 1500. The lowest BCUT2D eigenvalue weighted by Crippen LogP contribution is -2.21. The van der Waals surface area contributed by atoms with Gasteiger partial charge in [-0.1, -0.05) is 35.9 Å². The van der Waals surface area contributed by atoms with Gasteiger partial charge in [0.1, 0.15) is 12.4 Å². The lowest BCUT2D eigenvalue weighted by atomic mass is 10.1. The third-order valence-electron chi connectivity index (χ3n) is 5.15. The molecule has 2 aromatic heterocycles. The largest absolute Gasteiger partial charge is 0.331 e. The van der Waals surface area contributed by atoms with Crippen LogP contribution in [0.2, 0.25) is 5.02 Å². The van der Waals surface area contributed by atoms with Crippen LogP contribution in [0, 0.1) is 5.82 Å². The van der Waals surface area contributed by atoms with Crippen LogP contribution in [-0.4, -0.2) is 15.5 Å². The highest BCUT2D eigenvalue weighted by Gasteiger charge is 2.14. The van der Waals surface area contributed by atoms with E-state index in [4.69, 9.17) is 11.6 Å². The molecule has 1 N–H and O–H groups in total. The van der Waals surface area contributed by atoms with Gasteiger partial charge in [0.15, 0.2) is 10.6 Å². The molecule has 1 amide bonds. The predicted molar refractivity (Wildman–Crippen MR) is 127 cm³/mol. The number of thiazole rings is 1. The molecule has 5 aromatic rings. The molecule has 0 spiro atoms. The molecule has 8 heteroatoms. The van der Waals surface area contributed by atoms with Gasteiger partial charge in [-0.25, -0.2) is 9.37 Å². The van der Waals surface area contributed by atoms with Crippen LogP contribution in [0.25, 0.3) is 33.1 Å². The summed E-state index contributed by atoms with van der Waals surface area (Å²) in [6.45, 7) is 0.0125. The fraction of sp³-hybridized carbons (Fsp3) is 0.0417. The third-order valence-corrected chi connectivity index (χ3v) is 6.19. The minimum atomic E-state index is -0.500. The van der Waals surface area contributed by atoms with Crippen LogP contribution < -0.4 is 10.7 Å². The maximum Gasteiger partial charge on any atom is 0.246 e. The molecule has 5 nitrogen and oxygen atoms in total. The summed E-state index contributed by atoms with van der Waals surface area (Å²) in [5.74, 6) is -0.776. The second-order valence-corrected chi connectivity index (χ2v) is 8.43. The first kappa shape index (κ1) is 20.4. The Hall–Kier alpha value is -3.55. The van der Waals surface area contributed by atoms with Gasteiger partial charge in [0.2, 0.25) is 5.91 Å². The van der Waals surface area contributed by atoms with Crippen LogP contribution in [-0.2, 0) is 11.3 Å². The Morgan fingerprint density at radius 1 is 1.03 bits per heavy atom. The zero-order valence-corrected chi connectivity index (χ0v) is 18.1. The number of hydrogen-bond donors (Lipinski definition) is 1. The van der Waals surface area contributed by atoms with Crippen molar-refractivity contribution in [1.82, 2.24) is 9.55 Å². The average Bonchev–Trinajstić information content (AvgIpc) is 3.27. The number of pyridine rings is 1. The summed E-state index contributed by atoms with van der Waals surface area (Å²) in [6.07, 6.45) is 0. The van der Waals surface area contributed by atoms with Crippen molar-refractivity contribution in [2.45, 2.75) is 6.54 Å². The molecule has 0 aliphatic rings. The molecular formula is C24H15ClFN3O2S. The van der Waals surface area contributed by atoms with Gasteiger partial charge in [-0.15, -0.1) is 11.3 Å². The molecule has 0 aliphatic carbocycles. The highest BCUT2D eigenvalue weighted by Crippen LogP contribution is 2.28. The topological polar surface area (TPSA) is 64.0 Å². The van der Waals surface area contributed by atoms with Crippen LogP contribution in [0.15, 0.2) is 76.9 Å². The summed E-state index contributed by atoms with van der Waals surface area (Å²) in [5, 5.41) is 6.13. The molecule has 0 unspecified atom stereocenters. The van der Waals surface area contributed by atoms with E-state index in [0.29, 0.717) is 38.2 Å². The van der Waals surface area contributed by atoms with Crippen molar-refractivity contribution in [2.75, 3.05) is 5.32 Å². The van der Waals surface area contributed by atoms with E-state index in [9.17, 15) is 14.0 Å². The quantitative estimate of drug-likeness (QED) is 0.347. The number of nitrogens with zero attached hydrogens (tertiary/aromatic N) is 2. The van der Waals surface area contributed by atoms with E-state index >= 15 is 0 Å². The number of nitrogens with one attached hydrogen (secondary N) is 1. The van der Waals surface area contributed by atoms with Gasteiger partial charge in [-0.3, -0.25) is 9.59 Å². The van der Waals surface area contributed by atoms with Gasteiger partial charge in [-0.05, 0) is 42.5 Å². The lowest BCUT2D eigenvalue weighted by Gasteiger charge is -2.14. The molecule has 5 rings (SSSR count). The maximum absolute atomic E-state index is 13.4. The zero-order valence-electron chi connectivity index (χ0n) is 16.5. The first-order valence-corrected chi connectivity index (χ1v) is 11.0. The van der Waals surface area contributed by atoms with Gasteiger partial charge in [0.05, 0.1) is 21.7 Å². The molecule has 0 saturated heterocycles. The van der Waals surface area contributed by atoms with Crippen LogP contribution in [0.3, 0.4) is 0 Å². The summed E-state index contributed by atoms with van der Waals surface area (Å²) in [4.78, 5) is 30.1. The van der Waals surface area contributed by atoms with E-state index < -0.39 is 5.82 Å². The molecule has 0 bridgehead atoms. The third kappa shape index (κ3) is 3.66. The SMILES string of the molecule is O=C(Cn1c2ccccc2c(=O)c2ccccc21)Nc1nc(-c2ccc(F)c(Cl)c2)cs1. The molecule has 0 saturated carbocycles. The molecule has 0 atom stereocenters. The number of carbonyl (C=O) groups is 1. The molecule has 2 heterocycles. The van der Waals surface area contributed by atoms with Crippen molar-refractivity contribution in [3.63, 3.8) is 0 Å². The highest BCUT2D eigenvalue weighted by atomic mass is 35.5. The molecule has 158 valence electrons. The van der Waals surface area contributed by atoms with Crippen molar-refractivity contribution in [2.24, 2.45) is 0 Å². The number of aromatic nitrogens is 2. The summed E-state index contributed by atoms with van der Waals surface area (Å²) in [7, 11) is 0. The Labute approximate surface area is 190 Å². The molecule has 32 heavy (non-hydrogen) atoms. The van der Waals surface area contributed by atoms with E-state index in [1.165, 1.54) is 23.5 Å². The fourth-order valence-electron chi connectivity index (χ4n) is 3.67. The minimum absolute atomic E-state index is 0.0121. The number of para-hydroxylation sites is 2. The minimum Gasteiger partial charge on any atom is -0.331 e. The van der Waals surface area contributed by atoms with Crippen molar-refractivity contribution in [3.05, 3.63) is 93.2 Å². The monoisotopic (exact) mass is 463 g/mol. The molecule has 0 aliphatic heterocycles. The second kappa shape index (κ2) is 8.18. The zero-order chi connectivity index (χ0) is 22.2. The molecule has 3 aromatic carbocycles. The van der Waals surface area contributed by atoms with Gasteiger partial charge in [0, 0.05) is 21.7 Å². The Kier molecular flexibility index (Phi) is 5.20. The Morgan fingerprint density at radius 3 is 2.34 bits per heavy atom. The van der Waals surface area contributed by atoms with Crippen LogP contribution in [0.1, 0.15) is 0 Å². The number of amides is 1. The smallest absolute Gasteiger partial charge is 0.246 e. The maximum atomic E-state index is 13.4. The lowest BCUT2D eigenvalue weighted by molar-refractivity contribution is -0.116. The Morgan fingerprint density at radius 2 is 1.69 bits per heavy atom. The summed E-state index contributed by atoms with van der Waals surface area (Å²) < 4.78 is 15.2. The van der Waals surface area contributed by atoms with Crippen molar-refractivity contribution in [3.8, 4) is 11.3 Å². The molecule has 0 fully saturated rings. The number of benzene rings is 3. The molecule has 0 radical (unpaired) electrons. The second-order valence-electron chi connectivity index (χ2n) is 7.16. The number of halogens is 2. The van der Waals surface area contributed by atoms with Gasteiger partial charge >= 0.3 is 0 Å². The highest BCUT2D eigenvalue weighted by molar-refractivity contribution is 7.14. The van der Waals surface area contributed by atoms with Crippen LogP contribution in [0.4, 0.5) is 9.52 Å². The number of carbonyl (C=O) groups excluding carboxylic acids is 1. The fourth-order valence-corrected chi connectivity index (χ4v) is 4.59. The van der Waals surface area contributed by atoms with Crippen LogP contribution >= 0.6 is 22.9 Å². The van der Waals surface area contributed by atoms with Crippen molar-refractivity contribution in [1.29, 1.82) is 0 Å². The van der Waals surface area contributed by atoms with E-state index in [0.717, 1.165) is 0 Å².